The van der Waals surface area contributed by atoms with E-state index < -0.39 is 10.0 Å². The number of aryl methyl sites for hydroxylation is 2. The van der Waals surface area contributed by atoms with Gasteiger partial charge in [-0.15, -0.1) is 10.0 Å². The zero-order valence-electron chi connectivity index (χ0n) is 15.8. The minimum absolute atomic E-state index is 1.34. The van der Waals surface area contributed by atoms with Gasteiger partial charge in [-0.05, 0) is 61.4 Å². The van der Waals surface area contributed by atoms with Crippen molar-refractivity contribution in [1.82, 2.24) is 0 Å². The highest BCUT2D eigenvalue weighted by Gasteiger charge is 2.35. The summed E-state index contributed by atoms with van der Waals surface area (Å²) in [6.45, 7) is 4.47. The fourth-order valence-electron chi connectivity index (χ4n) is 3.81. The summed E-state index contributed by atoms with van der Waals surface area (Å²) < 4.78 is 0. The molecule has 4 aromatic carbocycles. The normalized spacial score (nSPS) is 11.9. The molecule has 1 heteroatoms. The second-order valence-corrected chi connectivity index (χ2v) is 9.82. The van der Waals surface area contributed by atoms with Gasteiger partial charge in [-0.2, -0.15) is 0 Å². The quantitative estimate of drug-likeness (QED) is 0.347. The Morgan fingerprint density at radius 3 is 1.11 bits per heavy atom. The summed E-state index contributed by atoms with van der Waals surface area (Å²) in [5, 5.41) is 0. The van der Waals surface area contributed by atoms with Crippen molar-refractivity contribution < 1.29 is 0 Å². The monoisotopic (exact) mass is 368 g/mol. The van der Waals surface area contributed by atoms with Gasteiger partial charge in [-0.1, -0.05) is 72.8 Å². The molecule has 0 heterocycles. The lowest BCUT2D eigenvalue weighted by Crippen LogP contribution is -2.07. The van der Waals surface area contributed by atoms with Crippen LogP contribution in [0, 0.1) is 13.8 Å². The number of rotatable bonds is 4. The van der Waals surface area contributed by atoms with Crippen LogP contribution in [0.25, 0.3) is 0 Å². The van der Waals surface area contributed by atoms with Gasteiger partial charge >= 0.3 is 0 Å². The van der Waals surface area contributed by atoms with Crippen LogP contribution in [-0.4, -0.2) is 0 Å². The maximum Gasteiger partial charge on any atom is 0.00523 e. The van der Waals surface area contributed by atoms with Crippen molar-refractivity contribution in [2.45, 2.75) is 33.4 Å². The molecule has 0 radical (unpaired) electrons. The van der Waals surface area contributed by atoms with E-state index >= 15 is 0 Å². The predicted octanol–water partition coefficient (Wildman–Crippen LogP) is 7.64. The summed E-state index contributed by atoms with van der Waals surface area (Å²) in [4.78, 5) is 5.58. The van der Waals surface area contributed by atoms with Gasteiger partial charge < -0.3 is 0 Å². The molecule has 0 saturated carbocycles. The zero-order chi connectivity index (χ0) is 18.7. The molecule has 4 aromatic rings. The van der Waals surface area contributed by atoms with Crippen molar-refractivity contribution in [2.24, 2.45) is 0 Å². The second kappa shape index (κ2) is 7.46. The fraction of sp³-hybridized carbons (Fsp3) is 0.0769. The van der Waals surface area contributed by atoms with Crippen LogP contribution in [0.5, 0.6) is 0 Å². The maximum atomic E-state index is 2.32. The first kappa shape index (κ1) is 17.6. The molecule has 0 nitrogen and oxygen atoms in total. The smallest absolute Gasteiger partial charge is 0.00523 e. The number of hydrogen-bond donors (Lipinski definition) is 0. The molecule has 0 aromatic heterocycles. The molecular weight excluding hydrogens is 344 g/mol. The van der Waals surface area contributed by atoms with Gasteiger partial charge in [-0.3, -0.25) is 0 Å². The average molecular weight is 369 g/mol. The first-order chi connectivity index (χ1) is 13.2. The van der Waals surface area contributed by atoms with Crippen LogP contribution >= 0.6 is 10.0 Å². The van der Waals surface area contributed by atoms with Gasteiger partial charge in [0.2, 0.25) is 0 Å². The van der Waals surface area contributed by atoms with Crippen LogP contribution in [0.3, 0.4) is 0 Å². The first-order valence-corrected chi connectivity index (χ1v) is 10.9. The van der Waals surface area contributed by atoms with Crippen molar-refractivity contribution in [3.05, 3.63) is 120 Å². The van der Waals surface area contributed by atoms with Gasteiger partial charge in [0.1, 0.15) is 0 Å². The lowest BCUT2D eigenvalue weighted by Gasteiger charge is -2.43. The number of hydrogen-bond acceptors (Lipinski definition) is 0. The van der Waals surface area contributed by atoms with E-state index in [4.69, 9.17) is 0 Å². The van der Waals surface area contributed by atoms with Gasteiger partial charge in [0.15, 0.2) is 0 Å². The maximum absolute atomic E-state index is 2.32. The standard InChI is InChI=1S/C26H24S/c1-21-13-9-11-19-25(21)27(23-15-5-3-6-16-23,24-17-7-4-8-18-24)26-20-12-10-14-22(26)2/h3-20H,1-2H3. The van der Waals surface area contributed by atoms with E-state index in [9.17, 15) is 0 Å². The summed E-state index contributed by atoms with van der Waals surface area (Å²) in [5.74, 6) is 0. The zero-order valence-corrected chi connectivity index (χ0v) is 16.6. The minimum atomic E-state index is -1.57. The van der Waals surface area contributed by atoms with Crippen LogP contribution in [0.4, 0.5) is 0 Å². The summed E-state index contributed by atoms with van der Waals surface area (Å²) in [5.41, 5.74) is 2.67. The molecule has 0 aliphatic heterocycles. The summed E-state index contributed by atoms with van der Waals surface area (Å²) in [7, 11) is -1.57. The Morgan fingerprint density at radius 2 is 0.741 bits per heavy atom. The van der Waals surface area contributed by atoms with Crippen molar-refractivity contribution in [1.29, 1.82) is 0 Å². The molecule has 134 valence electrons. The Hall–Kier alpha value is -2.77. The molecule has 0 N–H and O–H groups in total. The third-order valence-corrected chi connectivity index (χ3v) is 9.23. The molecule has 0 amide bonds. The van der Waals surface area contributed by atoms with E-state index in [2.05, 4.69) is 123 Å². The Balaban J connectivity index is 2.20. The van der Waals surface area contributed by atoms with E-state index in [-0.39, 0.29) is 0 Å². The molecule has 0 atom stereocenters. The first-order valence-electron chi connectivity index (χ1n) is 9.29. The average Bonchev–Trinajstić information content (AvgIpc) is 2.73. The third kappa shape index (κ3) is 2.98. The van der Waals surface area contributed by atoms with Gasteiger partial charge in [0.25, 0.3) is 0 Å². The molecule has 0 bridgehead atoms. The van der Waals surface area contributed by atoms with Gasteiger partial charge in [0.05, 0.1) is 0 Å². The van der Waals surface area contributed by atoms with E-state index in [1.807, 2.05) is 0 Å². The van der Waals surface area contributed by atoms with E-state index in [0.29, 0.717) is 0 Å². The molecule has 0 spiro atoms. The summed E-state index contributed by atoms with van der Waals surface area (Å²) in [6, 6.07) is 39.8. The molecule has 0 aliphatic carbocycles. The molecule has 0 fully saturated rings. The van der Waals surface area contributed by atoms with Crippen LogP contribution in [-0.2, 0) is 0 Å². The molecule has 4 rings (SSSR count). The second-order valence-electron chi connectivity index (χ2n) is 6.77. The van der Waals surface area contributed by atoms with Crippen LogP contribution in [0.2, 0.25) is 0 Å². The van der Waals surface area contributed by atoms with Crippen LogP contribution in [0.15, 0.2) is 129 Å². The molecule has 0 aliphatic rings. The highest BCUT2D eigenvalue weighted by atomic mass is 32.3. The highest BCUT2D eigenvalue weighted by molar-refractivity contribution is 8.34. The van der Waals surface area contributed by atoms with Crippen molar-refractivity contribution in [3.8, 4) is 0 Å². The summed E-state index contributed by atoms with van der Waals surface area (Å²) in [6.07, 6.45) is 0. The summed E-state index contributed by atoms with van der Waals surface area (Å²) >= 11 is 0. The Kier molecular flexibility index (Phi) is 4.87. The largest absolute Gasteiger partial charge is 0.132 e. The van der Waals surface area contributed by atoms with Crippen molar-refractivity contribution in [3.63, 3.8) is 0 Å². The van der Waals surface area contributed by atoms with E-state index in [0.717, 1.165) is 0 Å². The predicted molar refractivity (Wildman–Crippen MR) is 116 cm³/mol. The van der Waals surface area contributed by atoms with Gasteiger partial charge in [-0.25, -0.2) is 0 Å². The lowest BCUT2D eigenvalue weighted by molar-refractivity contribution is 1.17. The molecule has 0 unspecified atom stereocenters. The Labute approximate surface area is 163 Å². The fourth-order valence-corrected chi connectivity index (χ4v) is 8.13. The molecule has 0 saturated heterocycles. The minimum Gasteiger partial charge on any atom is -0.132 e. The van der Waals surface area contributed by atoms with Crippen LogP contribution < -0.4 is 0 Å². The van der Waals surface area contributed by atoms with E-state index in [1.54, 1.807) is 0 Å². The highest BCUT2D eigenvalue weighted by Crippen LogP contribution is 2.74. The molecule has 27 heavy (non-hydrogen) atoms. The third-order valence-electron chi connectivity index (χ3n) is 5.04. The number of benzene rings is 4. The van der Waals surface area contributed by atoms with Crippen LogP contribution in [0.1, 0.15) is 11.1 Å². The van der Waals surface area contributed by atoms with Gasteiger partial charge in [0, 0.05) is 19.6 Å². The topological polar surface area (TPSA) is 0 Å². The van der Waals surface area contributed by atoms with Crippen molar-refractivity contribution in [2.75, 3.05) is 0 Å². The SMILES string of the molecule is Cc1ccccc1S(c1ccccc1)(c1ccccc1)c1ccccc1C. The lowest BCUT2D eigenvalue weighted by atomic mass is 10.2. The van der Waals surface area contributed by atoms with E-state index in [1.165, 1.54) is 30.7 Å². The molecular formula is C26H24S. The Bertz CT molecular complexity index is 949. The Morgan fingerprint density at radius 1 is 0.407 bits per heavy atom. The van der Waals surface area contributed by atoms with Crippen molar-refractivity contribution >= 4 is 10.0 Å².